The second kappa shape index (κ2) is 5.43. The zero-order valence-electron chi connectivity index (χ0n) is 11.3. The van der Waals surface area contributed by atoms with Gasteiger partial charge >= 0.3 is 5.69 Å². The molecule has 2 aromatic rings. The van der Waals surface area contributed by atoms with Gasteiger partial charge in [0.15, 0.2) is 5.16 Å². The summed E-state index contributed by atoms with van der Waals surface area (Å²) in [5.74, 6) is 0.770. The molecule has 7 nitrogen and oxygen atoms in total. The summed E-state index contributed by atoms with van der Waals surface area (Å²) in [7, 11) is 1.81. The average molecular weight is 280 g/mol. The molecule has 0 bridgehead atoms. The molecule has 102 valence electrons. The molecule has 0 aliphatic rings. The first-order valence-electron chi connectivity index (χ1n) is 5.88. The largest absolute Gasteiger partial charge is 0.373 e. The van der Waals surface area contributed by atoms with Gasteiger partial charge in [-0.1, -0.05) is 0 Å². The first kappa shape index (κ1) is 13.6. The van der Waals surface area contributed by atoms with Crippen LogP contribution in [0.2, 0.25) is 0 Å². The Hall–Kier alpha value is -1.83. The van der Waals surface area contributed by atoms with Crippen LogP contribution in [0.1, 0.15) is 25.5 Å². The van der Waals surface area contributed by atoms with E-state index in [1.807, 2.05) is 27.8 Å². The molecule has 0 aliphatic carbocycles. The minimum absolute atomic E-state index is 0.0414. The van der Waals surface area contributed by atoms with Crippen molar-refractivity contribution >= 4 is 17.6 Å². The first-order valence-corrected chi connectivity index (χ1v) is 6.70. The molecule has 0 fully saturated rings. The highest BCUT2D eigenvalue weighted by molar-refractivity contribution is 7.99. The number of hydrogen-bond donors (Lipinski definition) is 2. The van der Waals surface area contributed by atoms with Crippen molar-refractivity contribution in [2.75, 3.05) is 12.4 Å². The summed E-state index contributed by atoms with van der Waals surface area (Å²) in [6, 6.07) is 0.0414. The molecule has 0 unspecified atom stereocenters. The van der Waals surface area contributed by atoms with Crippen LogP contribution in [0.25, 0.3) is 0 Å². The number of nitrogens with zero attached hydrogens (tertiary/aromatic N) is 4. The van der Waals surface area contributed by atoms with Crippen LogP contribution in [0.15, 0.2) is 21.3 Å². The molecule has 19 heavy (non-hydrogen) atoms. The monoisotopic (exact) mass is 280 g/mol. The molecule has 2 aromatic heterocycles. The molecule has 0 saturated heterocycles. The van der Waals surface area contributed by atoms with E-state index >= 15 is 0 Å². The smallest absolute Gasteiger partial charge is 0.344 e. The van der Waals surface area contributed by atoms with Crippen LogP contribution >= 0.6 is 11.8 Å². The second-order valence-corrected chi connectivity index (χ2v) is 5.24. The molecular formula is C11H16N6OS. The third-order valence-electron chi connectivity index (χ3n) is 2.65. The van der Waals surface area contributed by atoms with E-state index in [1.165, 1.54) is 18.1 Å². The van der Waals surface area contributed by atoms with Gasteiger partial charge in [-0.15, -0.1) is 5.10 Å². The van der Waals surface area contributed by atoms with Gasteiger partial charge in [-0.05, 0) is 32.5 Å². The molecular weight excluding hydrogens is 264 g/mol. The second-order valence-electron chi connectivity index (χ2n) is 4.28. The van der Waals surface area contributed by atoms with Gasteiger partial charge < -0.3 is 5.32 Å². The topological polar surface area (TPSA) is 88.5 Å². The maximum Gasteiger partial charge on any atom is 0.344 e. The molecule has 0 atom stereocenters. The van der Waals surface area contributed by atoms with Gasteiger partial charge in [-0.25, -0.2) is 19.9 Å². The van der Waals surface area contributed by atoms with Gasteiger partial charge in [0.1, 0.15) is 17.2 Å². The van der Waals surface area contributed by atoms with Gasteiger partial charge in [0.2, 0.25) is 0 Å². The molecule has 2 heterocycles. The fourth-order valence-corrected chi connectivity index (χ4v) is 2.70. The lowest BCUT2D eigenvalue weighted by molar-refractivity contribution is 0.534. The zero-order chi connectivity index (χ0) is 14.0. The SMILES string of the molecule is CNc1ncnc(Sc2n[nH]c(=O)n2C(C)C)c1C. The maximum atomic E-state index is 11.7. The Morgan fingerprint density at radius 3 is 2.79 bits per heavy atom. The fourth-order valence-electron chi connectivity index (χ4n) is 1.69. The minimum atomic E-state index is -0.210. The lowest BCUT2D eigenvalue weighted by Crippen LogP contribution is -2.19. The van der Waals surface area contributed by atoms with Crippen molar-refractivity contribution < 1.29 is 0 Å². The molecule has 0 aromatic carbocycles. The van der Waals surface area contributed by atoms with Crippen LogP contribution in [0.5, 0.6) is 0 Å². The Bertz CT molecular complexity index is 632. The van der Waals surface area contributed by atoms with E-state index in [2.05, 4.69) is 25.5 Å². The summed E-state index contributed by atoms with van der Waals surface area (Å²) in [5.41, 5.74) is 0.721. The Labute approximate surface area is 114 Å². The summed E-state index contributed by atoms with van der Waals surface area (Å²) in [6.45, 7) is 5.80. The van der Waals surface area contributed by atoms with E-state index in [9.17, 15) is 4.79 Å². The summed E-state index contributed by atoms with van der Waals surface area (Å²) in [4.78, 5) is 20.0. The molecule has 2 N–H and O–H groups in total. The van der Waals surface area contributed by atoms with Crippen molar-refractivity contribution in [3.8, 4) is 0 Å². The van der Waals surface area contributed by atoms with E-state index in [0.29, 0.717) is 5.16 Å². The number of rotatable bonds is 4. The Kier molecular flexibility index (Phi) is 3.89. The van der Waals surface area contributed by atoms with Crippen molar-refractivity contribution in [3.63, 3.8) is 0 Å². The molecule has 2 rings (SSSR count). The van der Waals surface area contributed by atoms with Crippen molar-refractivity contribution in [3.05, 3.63) is 22.4 Å². The summed E-state index contributed by atoms with van der Waals surface area (Å²) >= 11 is 1.35. The number of H-pyrrole nitrogens is 1. The molecule has 0 saturated carbocycles. The van der Waals surface area contributed by atoms with Crippen LogP contribution in [0, 0.1) is 6.92 Å². The average Bonchev–Trinajstić information content (AvgIpc) is 2.73. The first-order chi connectivity index (χ1) is 9.04. The van der Waals surface area contributed by atoms with E-state index < -0.39 is 0 Å². The number of aromatic nitrogens is 5. The third-order valence-corrected chi connectivity index (χ3v) is 3.73. The van der Waals surface area contributed by atoms with Crippen LogP contribution in [-0.4, -0.2) is 31.8 Å². The van der Waals surface area contributed by atoms with Crippen molar-refractivity contribution in [2.24, 2.45) is 0 Å². The van der Waals surface area contributed by atoms with E-state index in [1.54, 1.807) is 4.57 Å². The third kappa shape index (κ3) is 2.62. The molecule has 0 amide bonds. The lowest BCUT2D eigenvalue weighted by atomic mass is 10.3. The van der Waals surface area contributed by atoms with E-state index in [4.69, 9.17) is 0 Å². The fraction of sp³-hybridized carbons (Fsp3) is 0.455. The van der Waals surface area contributed by atoms with Gasteiger partial charge in [-0.3, -0.25) is 4.57 Å². The predicted octanol–water partition coefficient (Wildman–Crippen LogP) is 1.44. The number of nitrogens with one attached hydrogen (secondary N) is 2. The van der Waals surface area contributed by atoms with Crippen molar-refractivity contribution in [1.82, 2.24) is 24.7 Å². The molecule has 0 spiro atoms. The molecule has 0 radical (unpaired) electrons. The predicted molar refractivity (Wildman–Crippen MR) is 73.7 cm³/mol. The minimum Gasteiger partial charge on any atom is -0.373 e. The highest BCUT2D eigenvalue weighted by Crippen LogP contribution is 2.29. The Balaban J connectivity index is 2.40. The van der Waals surface area contributed by atoms with Gasteiger partial charge in [0.25, 0.3) is 0 Å². The van der Waals surface area contributed by atoms with Gasteiger partial charge in [0, 0.05) is 18.7 Å². The number of anilines is 1. The van der Waals surface area contributed by atoms with E-state index in [-0.39, 0.29) is 11.7 Å². The van der Waals surface area contributed by atoms with Crippen LogP contribution in [0.4, 0.5) is 5.82 Å². The maximum absolute atomic E-state index is 11.7. The lowest BCUT2D eigenvalue weighted by Gasteiger charge is -2.10. The highest BCUT2D eigenvalue weighted by atomic mass is 32.2. The van der Waals surface area contributed by atoms with Gasteiger partial charge in [-0.2, -0.15) is 0 Å². The summed E-state index contributed by atoms with van der Waals surface area (Å²) in [5, 5.41) is 10.9. The number of hydrogen-bond acceptors (Lipinski definition) is 6. The quantitative estimate of drug-likeness (QED) is 0.824. The molecule has 0 aliphatic heterocycles. The highest BCUT2D eigenvalue weighted by Gasteiger charge is 2.15. The van der Waals surface area contributed by atoms with E-state index in [0.717, 1.165) is 16.4 Å². The zero-order valence-corrected chi connectivity index (χ0v) is 12.1. The van der Waals surface area contributed by atoms with Crippen LogP contribution in [-0.2, 0) is 0 Å². The number of aromatic amines is 1. The summed E-state index contributed by atoms with van der Waals surface area (Å²) < 4.78 is 1.60. The molecule has 8 heteroatoms. The standard InChI is InChI=1S/C11H16N6OS/c1-6(2)17-10(18)15-16-11(17)19-9-7(3)8(12-4)13-5-14-9/h5-6H,1-4H3,(H,15,18)(H,12,13,14). The van der Waals surface area contributed by atoms with Crippen molar-refractivity contribution in [1.29, 1.82) is 0 Å². The summed E-state index contributed by atoms with van der Waals surface area (Å²) in [6.07, 6.45) is 1.49. The Morgan fingerprint density at radius 1 is 1.42 bits per heavy atom. The van der Waals surface area contributed by atoms with Gasteiger partial charge in [0.05, 0.1) is 0 Å². The van der Waals surface area contributed by atoms with Crippen LogP contribution in [0.3, 0.4) is 0 Å². The van der Waals surface area contributed by atoms with Crippen LogP contribution < -0.4 is 11.0 Å². The van der Waals surface area contributed by atoms with Crippen molar-refractivity contribution in [2.45, 2.75) is 37.0 Å². The normalized spacial score (nSPS) is 11.0. The Morgan fingerprint density at radius 2 is 2.16 bits per heavy atom.